The van der Waals surface area contributed by atoms with Crippen LogP contribution in [0.5, 0.6) is 5.75 Å². The number of carbonyl (C=O) groups is 3. The highest BCUT2D eigenvalue weighted by Crippen LogP contribution is 2.20. The van der Waals surface area contributed by atoms with E-state index in [1.54, 1.807) is 30.3 Å². The van der Waals surface area contributed by atoms with Crippen LogP contribution in [0, 0.1) is 5.82 Å². The summed E-state index contributed by atoms with van der Waals surface area (Å²) in [5.41, 5.74) is 1.65. The quantitative estimate of drug-likeness (QED) is 0.397. The van der Waals surface area contributed by atoms with Crippen LogP contribution in [0.25, 0.3) is 0 Å². The molecule has 0 aliphatic heterocycles. The summed E-state index contributed by atoms with van der Waals surface area (Å²) in [5.74, 6) is -2.14. The van der Waals surface area contributed by atoms with E-state index in [-0.39, 0.29) is 22.8 Å². The zero-order chi connectivity index (χ0) is 22.9. The zero-order valence-corrected chi connectivity index (χ0v) is 17.5. The van der Waals surface area contributed by atoms with Crippen LogP contribution >= 0.6 is 0 Å². The first-order chi connectivity index (χ1) is 15.5. The van der Waals surface area contributed by atoms with Gasteiger partial charge in [0.25, 0.3) is 5.91 Å². The Hall–Kier alpha value is -4.00. The van der Waals surface area contributed by atoms with Crippen molar-refractivity contribution in [3.8, 4) is 5.75 Å². The minimum atomic E-state index is -0.756. The monoisotopic (exact) mass is 435 g/mol. The molecule has 0 radical (unpaired) electrons. The summed E-state index contributed by atoms with van der Waals surface area (Å²) in [6.45, 7) is 1.15. The van der Waals surface area contributed by atoms with E-state index in [9.17, 15) is 18.8 Å². The molecule has 0 saturated heterocycles. The fraction of sp³-hybridized carbons (Fsp3) is 0.160. The number of esters is 1. The summed E-state index contributed by atoms with van der Waals surface area (Å²) in [6.07, 6.45) is 0.860. The van der Waals surface area contributed by atoms with Crippen molar-refractivity contribution in [3.63, 3.8) is 0 Å². The Morgan fingerprint density at radius 3 is 2.28 bits per heavy atom. The highest BCUT2D eigenvalue weighted by molar-refractivity contribution is 6.00. The summed E-state index contributed by atoms with van der Waals surface area (Å²) in [5, 5.41) is 2.40. The van der Waals surface area contributed by atoms with Gasteiger partial charge in [0.05, 0.1) is 5.69 Å². The lowest BCUT2D eigenvalue weighted by atomic mass is 10.1. The highest BCUT2D eigenvalue weighted by Gasteiger charge is 2.17. The summed E-state index contributed by atoms with van der Waals surface area (Å²) < 4.78 is 24.2. The third kappa shape index (κ3) is 6.01. The van der Waals surface area contributed by atoms with Gasteiger partial charge in [0.1, 0.15) is 17.1 Å². The van der Waals surface area contributed by atoms with E-state index in [1.165, 1.54) is 30.3 Å². The van der Waals surface area contributed by atoms with Gasteiger partial charge >= 0.3 is 5.97 Å². The molecular weight excluding hydrogens is 413 g/mol. The lowest BCUT2D eigenvalue weighted by Gasteiger charge is -2.11. The number of nitrogens with one attached hydrogen (secondary N) is 1. The number of carbonyl (C=O) groups excluding carboxylic acids is 3. The van der Waals surface area contributed by atoms with Gasteiger partial charge in [-0.2, -0.15) is 0 Å². The van der Waals surface area contributed by atoms with E-state index < -0.39 is 30.9 Å². The molecule has 164 valence electrons. The van der Waals surface area contributed by atoms with Gasteiger partial charge < -0.3 is 14.8 Å². The lowest BCUT2D eigenvalue weighted by molar-refractivity contribution is -0.118. The molecule has 6 nitrogen and oxygen atoms in total. The number of benzene rings is 3. The van der Waals surface area contributed by atoms with E-state index in [1.807, 2.05) is 19.1 Å². The number of hydrogen-bond acceptors (Lipinski definition) is 5. The van der Waals surface area contributed by atoms with Gasteiger partial charge in [-0.15, -0.1) is 0 Å². The van der Waals surface area contributed by atoms with E-state index >= 15 is 0 Å². The second-order valence-electron chi connectivity index (χ2n) is 6.86. The topological polar surface area (TPSA) is 81.7 Å². The largest absolute Gasteiger partial charge is 0.483 e. The van der Waals surface area contributed by atoms with Crippen LogP contribution in [0.15, 0.2) is 72.8 Å². The van der Waals surface area contributed by atoms with Gasteiger partial charge in [-0.05, 0) is 36.2 Å². The Kier molecular flexibility index (Phi) is 7.70. The number of ether oxygens (including phenoxy) is 2. The number of anilines is 1. The molecule has 1 N–H and O–H groups in total. The van der Waals surface area contributed by atoms with Gasteiger partial charge in [0.15, 0.2) is 19.0 Å². The fourth-order valence-electron chi connectivity index (χ4n) is 2.87. The first-order valence-electron chi connectivity index (χ1n) is 10.0. The number of rotatable bonds is 9. The van der Waals surface area contributed by atoms with Crippen LogP contribution in [0.1, 0.15) is 33.2 Å². The van der Waals surface area contributed by atoms with Crippen molar-refractivity contribution in [3.05, 3.63) is 95.3 Å². The number of ketones is 1. The summed E-state index contributed by atoms with van der Waals surface area (Å²) in [7, 11) is 0. The molecule has 0 bridgehead atoms. The van der Waals surface area contributed by atoms with Gasteiger partial charge in [-0.25, -0.2) is 9.18 Å². The molecule has 1 amide bonds. The van der Waals surface area contributed by atoms with Crippen LogP contribution in [-0.2, 0) is 16.0 Å². The molecule has 0 spiro atoms. The molecule has 0 aliphatic carbocycles. The molecule has 3 aromatic carbocycles. The molecule has 3 aromatic rings. The minimum absolute atomic E-state index is 0.0271. The second kappa shape index (κ2) is 10.9. The van der Waals surface area contributed by atoms with Crippen molar-refractivity contribution in [2.24, 2.45) is 0 Å². The number of aryl methyl sites for hydroxylation is 1. The highest BCUT2D eigenvalue weighted by atomic mass is 19.1. The Labute approximate surface area is 185 Å². The molecule has 0 fully saturated rings. The average molecular weight is 435 g/mol. The predicted octanol–water partition coefficient (Wildman–Crippen LogP) is 4.45. The van der Waals surface area contributed by atoms with Gasteiger partial charge in [0, 0.05) is 5.56 Å². The van der Waals surface area contributed by atoms with Gasteiger partial charge in [-0.1, -0.05) is 55.5 Å². The number of Topliss-reactive ketones (excluding diaryl/α,β-unsaturated/α-hetero) is 1. The second-order valence-corrected chi connectivity index (χ2v) is 6.86. The summed E-state index contributed by atoms with van der Waals surface area (Å²) in [4.78, 5) is 36.8. The Bertz CT molecular complexity index is 1110. The predicted molar refractivity (Wildman–Crippen MR) is 117 cm³/mol. The fourth-order valence-corrected chi connectivity index (χ4v) is 2.87. The number of amides is 1. The first kappa shape index (κ1) is 22.7. The van der Waals surface area contributed by atoms with Crippen LogP contribution in [0.4, 0.5) is 10.1 Å². The molecule has 0 aliphatic rings. The number of para-hydroxylation sites is 2. The van der Waals surface area contributed by atoms with Crippen molar-refractivity contribution in [1.29, 1.82) is 0 Å². The molecule has 0 unspecified atom stereocenters. The molecule has 0 heterocycles. The van der Waals surface area contributed by atoms with Gasteiger partial charge in [-0.3, -0.25) is 9.59 Å². The normalized spacial score (nSPS) is 10.3. The summed E-state index contributed by atoms with van der Waals surface area (Å²) >= 11 is 0. The third-order valence-electron chi connectivity index (χ3n) is 4.63. The van der Waals surface area contributed by atoms with Crippen LogP contribution in [-0.4, -0.2) is 30.9 Å². The first-order valence-corrected chi connectivity index (χ1v) is 10.0. The molecular formula is C25H22FNO5. The Balaban J connectivity index is 1.57. The SMILES string of the molecule is CCc1ccc(C(=O)COC(=O)c2ccccc2OCC(=O)Nc2ccccc2F)cc1. The van der Waals surface area contributed by atoms with Crippen molar-refractivity contribution < 1.29 is 28.2 Å². The van der Waals surface area contributed by atoms with E-state index in [0.717, 1.165) is 12.0 Å². The van der Waals surface area contributed by atoms with E-state index in [4.69, 9.17) is 9.47 Å². The third-order valence-corrected chi connectivity index (χ3v) is 4.63. The number of hydrogen-bond donors (Lipinski definition) is 1. The standard InChI is InChI=1S/C25H22FNO5/c1-2-17-11-13-18(14-12-17)22(28)15-32-25(30)19-7-3-6-10-23(19)31-16-24(29)27-21-9-5-4-8-20(21)26/h3-14H,2,15-16H2,1H3,(H,27,29). The zero-order valence-electron chi connectivity index (χ0n) is 17.5. The van der Waals surface area contributed by atoms with E-state index in [2.05, 4.69) is 5.32 Å². The van der Waals surface area contributed by atoms with Crippen molar-refractivity contribution in [2.75, 3.05) is 18.5 Å². The lowest BCUT2D eigenvalue weighted by Crippen LogP contribution is -2.22. The van der Waals surface area contributed by atoms with Gasteiger partial charge in [0.2, 0.25) is 0 Å². The maximum Gasteiger partial charge on any atom is 0.342 e. The van der Waals surface area contributed by atoms with Crippen molar-refractivity contribution in [1.82, 2.24) is 0 Å². The number of halogens is 1. The average Bonchev–Trinajstić information content (AvgIpc) is 2.82. The minimum Gasteiger partial charge on any atom is -0.483 e. The Morgan fingerprint density at radius 2 is 1.56 bits per heavy atom. The molecule has 32 heavy (non-hydrogen) atoms. The Morgan fingerprint density at radius 1 is 0.875 bits per heavy atom. The molecule has 0 saturated carbocycles. The molecule has 0 aromatic heterocycles. The molecule has 0 atom stereocenters. The van der Waals surface area contributed by atoms with Crippen LogP contribution < -0.4 is 10.1 Å². The van der Waals surface area contributed by atoms with Crippen LogP contribution in [0.3, 0.4) is 0 Å². The molecule has 7 heteroatoms. The summed E-state index contributed by atoms with van der Waals surface area (Å²) in [6, 6.07) is 19.0. The maximum absolute atomic E-state index is 13.6. The molecule has 3 rings (SSSR count). The van der Waals surface area contributed by atoms with Crippen molar-refractivity contribution in [2.45, 2.75) is 13.3 Å². The van der Waals surface area contributed by atoms with Crippen molar-refractivity contribution >= 4 is 23.3 Å². The maximum atomic E-state index is 13.6. The smallest absolute Gasteiger partial charge is 0.342 e. The van der Waals surface area contributed by atoms with Crippen LogP contribution in [0.2, 0.25) is 0 Å². The van der Waals surface area contributed by atoms with E-state index in [0.29, 0.717) is 5.56 Å².